The van der Waals surface area contributed by atoms with E-state index >= 15 is 0 Å². The van der Waals surface area contributed by atoms with Gasteiger partial charge in [0.15, 0.2) is 6.04 Å². The molecule has 3 aromatic rings. The summed E-state index contributed by atoms with van der Waals surface area (Å²) in [5.41, 5.74) is 2.06. The lowest BCUT2D eigenvalue weighted by Gasteiger charge is -2.31. The number of anilines is 1. The Bertz CT molecular complexity index is 1050. The summed E-state index contributed by atoms with van der Waals surface area (Å²) in [6, 6.07) is 13.5. The van der Waals surface area contributed by atoms with Crippen molar-refractivity contribution >= 4 is 28.5 Å². The Kier molecular flexibility index (Phi) is 4.39. The molecular formula is C22H22FN4O2+. The summed E-state index contributed by atoms with van der Waals surface area (Å²) in [6.45, 7) is 1.58. The quantitative estimate of drug-likeness (QED) is 0.667. The van der Waals surface area contributed by atoms with Crippen LogP contribution in [0.25, 0.3) is 11.0 Å². The molecular weight excluding hydrogens is 371 g/mol. The van der Waals surface area contributed by atoms with Crippen LogP contribution < -0.4 is 9.80 Å². The topological polar surface area (TPSA) is 70.5 Å². The molecule has 29 heavy (non-hydrogen) atoms. The van der Waals surface area contributed by atoms with E-state index in [1.165, 1.54) is 12.1 Å². The van der Waals surface area contributed by atoms with Crippen LogP contribution in [-0.4, -0.2) is 40.9 Å². The number of imidazole rings is 1. The Morgan fingerprint density at radius 3 is 2.52 bits per heavy atom. The summed E-state index contributed by atoms with van der Waals surface area (Å²) >= 11 is 0. The number of fused-ring (bicyclic) bond motifs is 1. The molecule has 0 aliphatic carbocycles. The number of nitrogens with zero attached hydrogens (tertiary/aromatic N) is 2. The van der Waals surface area contributed by atoms with E-state index in [1.54, 1.807) is 12.1 Å². The second-order valence-electron chi connectivity index (χ2n) is 7.85. The lowest BCUT2D eigenvalue weighted by atomic mass is 9.95. The van der Waals surface area contributed by atoms with E-state index in [9.17, 15) is 14.0 Å². The van der Waals surface area contributed by atoms with Crippen LogP contribution in [0.3, 0.4) is 0 Å². The molecule has 0 radical (unpaired) electrons. The van der Waals surface area contributed by atoms with E-state index in [1.807, 2.05) is 24.3 Å². The zero-order valence-electron chi connectivity index (χ0n) is 15.9. The molecule has 7 heteroatoms. The largest absolute Gasteiger partial charge is 0.342 e. The molecule has 0 unspecified atom stereocenters. The second kappa shape index (κ2) is 7.08. The van der Waals surface area contributed by atoms with Crippen LogP contribution in [0.2, 0.25) is 0 Å². The highest BCUT2D eigenvalue weighted by Crippen LogP contribution is 2.27. The number of nitrogens with one attached hydrogen (secondary N) is 2. The normalized spacial score (nSPS) is 25.1. The molecule has 0 spiro atoms. The first-order valence-electron chi connectivity index (χ1n) is 10.0. The van der Waals surface area contributed by atoms with Crippen molar-refractivity contribution in [3.8, 4) is 0 Å². The van der Waals surface area contributed by atoms with Crippen molar-refractivity contribution in [3.63, 3.8) is 0 Å². The van der Waals surface area contributed by atoms with E-state index in [-0.39, 0.29) is 23.9 Å². The molecule has 2 saturated heterocycles. The first-order chi connectivity index (χ1) is 14.1. The summed E-state index contributed by atoms with van der Waals surface area (Å²) < 4.78 is 14.1. The van der Waals surface area contributed by atoms with E-state index < -0.39 is 11.9 Å². The molecule has 0 saturated carbocycles. The fraction of sp³-hybridized carbons (Fsp3) is 0.318. The number of piperidine rings is 1. The van der Waals surface area contributed by atoms with Gasteiger partial charge in [0.05, 0.1) is 36.2 Å². The average molecular weight is 393 g/mol. The highest BCUT2D eigenvalue weighted by Gasteiger charge is 2.47. The number of carbonyl (C=O) groups excluding carboxylic acids is 2. The fourth-order valence-electron chi connectivity index (χ4n) is 4.61. The third-order valence-electron chi connectivity index (χ3n) is 6.16. The lowest BCUT2D eigenvalue weighted by molar-refractivity contribution is -0.920. The number of carbonyl (C=O) groups is 2. The number of aromatic nitrogens is 2. The van der Waals surface area contributed by atoms with Crippen LogP contribution in [0.4, 0.5) is 10.1 Å². The van der Waals surface area contributed by atoms with Crippen molar-refractivity contribution in [2.24, 2.45) is 0 Å². The molecule has 148 valence electrons. The Morgan fingerprint density at radius 1 is 1.03 bits per heavy atom. The van der Waals surface area contributed by atoms with Crippen molar-refractivity contribution in [2.75, 3.05) is 18.0 Å². The van der Waals surface area contributed by atoms with Gasteiger partial charge in [0, 0.05) is 18.8 Å². The minimum Gasteiger partial charge on any atom is -0.342 e. The molecule has 2 aliphatic heterocycles. The maximum Gasteiger partial charge on any atom is 0.292 e. The Balaban J connectivity index is 1.29. The van der Waals surface area contributed by atoms with Crippen molar-refractivity contribution in [3.05, 3.63) is 60.2 Å². The van der Waals surface area contributed by atoms with Crippen LogP contribution in [0.1, 0.15) is 31.0 Å². The van der Waals surface area contributed by atoms with E-state index in [0.717, 1.165) is 52.6 Å². The number of halogens is 1. The van der Waals surface area contributed by atoms with Crippen molar-refractivity contribution < 1.29 is 18.9 Å². The van der Waals surface area contributed by atoms with Crippen LogP contribution in [0, 0.1) is 5.82 Å². The van der Waals surface area contributed by atoms with Crippen molar-refractivity contribution in [2.45, 2.75) is 31.2 Å². The minimum atomic E-state index is -0.548. The predicted molar refractivity (Wildman–Crippen MR) is 106 cm³/mol. The lowest BCUT2D eigenvalue weighted by Crippen LogP contribution is -3.17. The first kappa shape index (κ1) is 18.0. The zero-order chi connectivity index (χ0) is 20.0. The zero-order valence-corrected chi connectivity index (χ0v) is 15.9. The van der Waals surface area contributed by atoms with E-state index in [4.69, 9.17) is 4.98 Å². The molecule has 0 bridgehead atoms. The monoisotopic (exact) mass is 393 g/mol. The molecule has 1 aromatic heterocycles. The van der Waals surface area contributed by atoms with Gasteiger partial charge in [-0.3, -0.25) is 9.59 Å². The van der Waals surface area contributed by atoms with Crippen molar-refractivity contribution in [1.82, 2.24) is 9.97 Å². The maximum atomic E-state index is 14.1. The molecule has 3 heterocycles. The van der Waals surface area contributed by atoms with Gasteiger partial charge in [-0.25, -0.2) is 14.3 Å². The van der Waals surface area contributed by atoms with Crippen LogP contribution >= 0.6 is 0 Å². The van der Waals surface area contributed by atoms with Gasteiger partial charge in [0.1, 0.15) is 11.6 Å². The number of likely N-dealkylation sites (tertiary alicyclic amines) is 1. The molecule has 2 aliphatic rings. The maximum absolute atomic E-state index is 14.1. The summed E-state index contributed by atoms with van der Waals surface area (Å²) in [7, 11) is 0. The average Bonchev–Trinajstić information content (AvgIpc) is 3.30. The second-order valence-corrected chi connectivity index (χ2v) is 7.85. The predicted octanol–water partition coefficient (Wildman–Crippen LogP) is 1.80. The fourth-order valence-corrected chi connectivity index (χ4v) is 4.61. The summed E-state index contributed by atoms with van der Waals surface area (Å²) in [6.07, 6.45) is 1.93. The summed E-state index contributed by atoms with van der Waals surface area (Å²) in [5, 5.41) is 0. The van der Waals surface area contributed by atoms with Gasteiger partial charge < -0.3 is 9.88 Å². The van der Waals surface area contributed by atoms with Gasteiger partial charge >= 0.3 is 0 Å². The summed E-state index contributed by atoms with van der Waals surface area (Å²) in [5.74, 6) is 0.149. The van der Waals surface area contributed by atoms with Crippen LogP contribution in [0.15, 0.2) is 48.5 Å². The Hall–Kier alpha value is -3.06. The molecule has 2 fully saturated rings. The molecule has 2 N–H and O–H groups in total. The smallest absolute Gasteiger partial charge is 0.292 e. The number of hydrogen-bond donors (Lipinski definition) is 2. The van der Waals surface area contributed by atoms with E-state index in [2.05, 4.69) is 4.98 Å². The Morgan fingerprint density at radius 2 is 1.76 bits per heavy atom. The van der Waals surface area contributed by atoms with Gasteiger partial charge in [0.2, 0.25) is 5.91 Å². The third kappa shape index (κ3) is 3.11. The van der Waals surface area contributed by atoms with Crippen LogP contribution in [0.5, 0.6) is 0 Å². The number of imide groups is 1. The third-order valence-corrected chi connectivity index (χ3v) is 6.16. The summed E-state index contributed by atoms with van der Waals surface area (Å²) in [4.78, 5) is 35.7. The number of amides is 2. The standard InChI is InChI=1S/C22H21FN4O2/c23-15-5-1-4-8-18(15)27-20(28)13-19(22(27)29)26-11-9-14(10-12-26)21-24-16-6-2-3-7-17(16)25-21/h1-8,14,19H,9-13H2,(H,24,25)/p+1/t19-/m0/s1. The number of benzene rings is 2. The number of rotatable bonds is 3. The van der Waals surface area contributed by atoms with Gasteiger partial charge in [-0.2, -0.15) is 0 Å². The van der Waals surface area contributed by atoms with Crippen LogP contribution in [-0.2, 0) is 9.59 Å². The highest BCUT2D eigenvalue weighted by molar-refractivity contribution is 6.21. The van der Waals surface area contributed by atoms with Gasteiger partial charge in [-0.15, -0.1) is 0 Å². The molecule has 2 aromatic carbocycles. The minimum absolute atomic E-state index is 0.0570. The number of quaternary nitrogens is 1. The number of hydrogen-bond acceptors (Lipinski definition) is 3. The van der Waals surface area contributed by atoms with Gasteiger partial charge in [-0.05, 0) is 24.3 Å². The first-order valence-corrected chi connectivity index (χ1v) is 10.0. The molecule has 5 rings (SSSR count). The Labute approximate surface area is 167 Å². The highest BCUT2D eigenvalue weighted by atomic mass is 19.1. The van der Waals surface area contributed by atoms with Gasteiger partial charge in [0.25, 0.3) is 5.91 Å². The molecule has 6 nitrogen and oxygen atoms in total. The SMILES string of the molecule is O=C1C[C@H]([NH+]2CCC(c3nc4ccccc4[nH]3)CC2)C(=O)N1c1ccccc1F. The number of H-pyrrole nitrogens is 1. The number of aromatic amines is 1. The van der Waals surface area contributed by atoms with E-state index in [0.29, 0.717) is 5.92 Å². The van der Waals surface area contributed by atoms with Gasteiger partial charge in [-0.1, -0.05) is 24.3 Å². The molecule has 1 atom stereocenters. The van der Waals surface area contributed by atoms with Crippen molar-refractivity contribution in [1.29, 1.82) is 0 Å². The molecule has 2 amide bonds. The number of para-hydroxylation sites is 3.